The second-order valence-corrected chi connectivity index (χ2v) is 6.77. The molecule has 0 N–H and O–H groups in total. The Kier molecular flexibility index (Phi) is 1.25. The number of hydrogen-bond acceptors (Lipinski definition) is 1. The fraction of sp³-hybridized carbons (Fsp3) is 0.923. The van der Waals surface area contributed by atoms with Crippen molar-refractivity contribution >= 4 is 5.78 Å². The van der Waals surface area contributed by atoms with Gasteiger partial charge >= 0.3 is 0 Å². The Labute approximate surface area is 86.3 Å². The van der Waals surface area contributed by atoms with E-state index in [1.807, 2.05) is 0 Å². The van der Waals surface area contributed by atoms with Gasteiger partial charge in [0, 0.05) is 10.8 Å². The standard InChI is InChI=1S/C13H20O/c1-11(2)9-7-12(3)6-5-8(9)13(11,4)10(12)14/h8-9H,5-7H2,1-4H3. The van der Waals surface area contributed by atoms with Crippen molar-refractivity contribution in [2.45, 2.75) is 47.0 Å². The average molecular weight is 192 g/mol. The molecule has 5 saturated carbocycles. The zero-order valence-corrected chi connectivity index (χ0v) is 9.68. The fourth-order valence-electron chi connectivity index (χ4n) is 4.91. The monoisotopic (exact) mass is 192 g/mol. The minimum absolute atomic E-state index is 0.0168. The SMILES string of the molecule is CC12CCC3C(C1)C(C)(C)C3(C)C2=O. The van der Waals surface area contributed by atoms with Crippen molar-refractivity contribution in [1.29, 1.82) is 0 Å². The van der Waals surface area contributed by atoms with Gasteiger partial charge in [0.15, 0.2) is 0 Å². The molecule has 0 amide bonds. The Morgan fingerprint density at radius 3 is 2.36 bits per heavy atom. The van der Waals surface area contributed by atoms with Crippen LogP contribution in [0.2, 0.25) is 0 Å². The Hall–Kier alpha value is -0.330. The van der Waals surface area contributed by atoms with Gasteiger partial charge in [-0.3, -0.25) is 4.79 Å². The Bertz CT molecular complexity index is 330. The molecule has 0 aromatic carbocycles. The number of ketones is 1. The van der Waals surface area contributed by atoms with Crippen molar-refractivity contribution in [3.8, 4) is 0 Å². The highest BCUT2D eigenvalue weighted by Crippen LogP contribution is 2.77. The molecule has 0 aromatic heterocycles. The zero-order valence-electron chi connectivity index (χ0n) is 9.68. The molecular weight excluding hydrogens is 172 g/mol. The minimum Gasteiger partial charge on any atom is -0.298 e. The van der Waals surface area contributed by atoms with Crippen LogP contribution in [-0.4, -0.2) is 5.78 Å². The van der Waals surface area contributed by atoms with E-state index in [1.54, 1.807) is 0 Å². The number of Topliss-reactive ketones (excluding diaryl/α,β-unsaturated/α-hetero) is 1. The van der Waals surface area contributed by atoms with E-state index >= 15 is 0 Å². The van der Waals surface area contributed by atoms with Crippen LogP contribution in [0.4, 0.5) is 0 Å². The topological polar surface area (TPSA) is 17.1 Å². The highest BCUT2D eigenvalue weighted by molar-refractivity contribution is 5.94. The quantitative estimate of drug-likeness (QED) is 0.576. The molecule has 5 rings (SSSR count). The summed E-state index contributed by atoms with van der Waals surface area (Å²) in [5.41, 5.74) is 0.335. The smallest absolute Gasteiger partial charge is 0.145 e. The maximum absolute atomic E-state index is 12.5. The summed E-state index contributed by atoms with van der Waals surface area (Å²) in [6.07, 6.45) is 3.62. The first kappa shape index (κ1) is 8.94. The molecule has 0 saturated heterocycles. The third kappa shape index (κ3) is 0.585. The van der Waals surface area contributed by atoms with Crippen LogP contribution >= 0.6 is 0 Å². The molecule has 5 aliphatic carbocycles. The first-order valence-corrected chi connectivity index (χ1v) is 5.89. The summed E-state index contributed by atoms with van der Waals surface area (Å²) >= 11 is 0. The van der Waals surface area contributed by atoms with E-state index in [0.29, 0.717) is 11.7 Å². The lowest BCUT2D eigenvalue weighted by Crippen LogP contribution is -2.75. The lowest BCUT2D eigenvalue weighted by molar-refractivity contribution is -0.252. The second-order valence-electron chi connectivity index (χ2n) is 6.77. The Balaban J connectivity index is 2.14. The number of rotatable bonds is 0. The van der Waals surface area contributed by atoms with Gasteiger partial charge in [0.05, 0.1) is 0 Å². The van der Waals surface area contributed by atoms with Crippen molar-refractivity contribution in [2.24, 2.45) is 28.1 Å². The van der Waals surface area contributed by atoms with Gasteiger partial charge in [-0.1, -0.05) is 27.7 Å². The van der Waals surface area contributed by atoms with Gasteiger partial charge in [0.2, 0.25) is 0 Å². The molecule has 0 aliphatic heterocycles. The first-order valence-electron chi connectivity index (χ1n) is 5.89. The van der Waals surface area contributed by atoms with Gasteiger partial charge in [0.25, 0.3) is 0 Å². The van der Waals surface area contributed by atoms with Gasteiger partial charge in [0.1, 0.15) is 5.78 Å². The molecule has 0 heterocycles. The summed E-state index contributed by atoms with van der Waals surface area (Å²) in [7, 11) is 0. The van der Waals surface area contributed by atoms with E-state index in [0.717, 1.165) is 12.3 Å². The molecule has 78 valence electrons. The van der Waals surface area contributed by atoms with Crippen LogP contribution in [0.5, 0.6) is 0 Å². The summed E-state index contributed by atoms with van der Waals surface area (Å²) in [4.78, 5) is 12.5. The van der Waals surface area contributed by atoms with Gasteiger partial charge in [-0.2, -0.15) is 0 Å². The summed E-state index contributed by atoms with van der Waals surface area (Å²) < 4.78 is 0. The molecule has 0 radical (unpaired) electrons. The van der Waals surface area contributed by atoms with Crippen molar-refractivity contribution < 1.29 is 4.79 Å². The van der Waals surface area contributed by atoms with E-state index in [1.165, 1.54) is 12.8 Å². The zero-order chi connectivity index (χ0) is 10.4. The minimum atomic E-state index is 0.0168. The van der Waals surface area contributed by atoms with Gasteiger partial charge in [-0.05, 0) is 36.5 Å². The highest BCUT2D eigenvalue weighted by atomic mass is 16.1. The number of carbonyl (C=O) groups is 1. The molecule has 5 aliphatic rings. The molecule has 14 heavy (non-hydrogen) atoms. The van der Waals surface area contributed by atoms with Crippen LogP contribution in [0.15, 0.2) is 0 Å². The average Bonchev–Trinajstić information content (AvgIpc) is 2.13. The summed E-state index contributed by atoms with van der Waals surface area (Å²) in [6, 6.07) is 0. The third-order valence-corrected chi connectivity index (χ3v) is 6.19. The molecule has 4 bridgehead atoms. The Morgan fingerprint density at radius 1 is 1.14 bits per heavy atom. The summed E-state index contributed by atoms with van der Waals surface area (Å²) in [5, 5.41) is 0. The van der Waals surface area contributed by atoms with Crippen LogP contribution in [-0.2, 0) is 4.79 Å². The van der Waals surface area contributed by atoms with E-state index in [-0.39, 0.29) is 16.2 Å². The number of hydrogen-bond donors (Lipinski definition) is 0. The van der Waals surface area contributed by atoms with E-state index in [4.69, 9.17) is 0 Å². The van der Waals surface area contributed by atoms with Crippen molar-refractivity contribution in [3.05, 3.63) is 0 Å². The van der Waals surface area contributed by atoms with Crippen LogP contribution in [0.25, 0.3) is 0 Å². The van der Waals surface area contributed by atoms with Gasteiger partial charge in [-0.25, -0.2) is 0 Å². The lowest BCUT2D eigenvalue weighted by atomic mass is 9.27. The maximum Gasteiger partial charge on any atom is 0.145 e. The predicted octanol–water partition coefficient (Wildman–Crippen LogP) is 3.04. The van der Waals surface area contributed by atoms with Crippen LogP contribution in [0.3, 0.4) is 0 Å². The normalized spacial score (nSPS) is 58.4. The van der Waals surface area contributed by atoms with Gasteiger partial charge in [-0.15, -0.1) is 0 Å². The number of fused-ring (bicyclic) bond motifs is 1. The maximum atomic E-state index is 12.5. The Morgan fingerprint density at radius 2 is 1.79 bits per heavy atom. The van der Waals surface area contributed by atoms with Crippen molar-refractivity contribution in [1.82, 2.24) is 0 Å². The molecule has 5 fully saturated rings. The first-order chi connectivity index (χ1) is 6.34. The number of carbonyl (C=O) groups excluding carboxylic acids is 1. The fourth-order valence-corrected chi connectivity index (χ4v) is 4.91. The third-order valence-electron chi connectivity index (χ3n) is 6.19. The summed E-state index contributed by atoms with van der Waals surface area (Å²) in [6.45, 7) is 9.03. The largest absolute Gasteiger partial charge is 0.298 e. The molecule has 0 aromatic rings. The van der Waals surface area contributed by atoms with Crippen LogP contribution < -0.4 is 0 Å². The molecule has 1 heteroatoms. The molecular formula is C13H20O. The highest BCUT2D eigenvalue weighted by Gasteiger charge is 2.76. The van der Waals surface area contributed by atoms with E-state index in [9.17, 15) is 4.79 Å². The van der Waals surface area contributed by atoms with Crippen molar-refractivity contribution in [2.75, 3.05) is 0 Å². The van der Waals surface area contributed by atoms with E-state index < -0.39 is 0 Å². The second kappa shape index (κ2) is 1.96. The van der Waals surface area contributed by atoms with Crippen LogP contribution in [0, 0.1) is 28.1 Å². The summed E-state index contributed by atoms with van der Waals surface area (Å²) in [5.74, 6) is 2.12. The van der Waals surface area contributed by atoms with Crippen LogP contribution in [0.1, 0.15) is 47.0 Å². The molecule has 4 unspecified atom stereocenters. The predicted molar refractivity (Wildman–Crippen MR) is 55.8 cm³/mol. The van der Waals surface area contributed by atoms with Crippen molar-refractivity contribution in [3.63, 3.8) is 0 Å². The van der Waals surface area contributed by atoms with Gasteiger partial charge < -0.3 is 0 Å². The lowest BCUT2D eigenvalue weighted by Gasteiger charge is -2.75. The molecule has 1 nitrogen and oxygen atoms in total. The van der Waals surface area contributed by atoms with E-state index in [2.05, 4.69) is 27.7 Å². The molecule has 0 spiro atoms. The molecule has 4 atom stereocenters.